The highest BCUT2D eigenvalue weighted by Crippen LogP contribution is 2.26. The third kappa shape index (κ3) is 4.76. The molecule has 27 heavy (non-hydrogen) atoms. The van der Waals surface area contributed by atoms with E-state index in [1.807, 2.05) is 12.1 Å². The normalized spacial score (nSPS) is 15.9. The van der Waals surface area contributed by atoms with Crippen molar-refractivity contribution in [1.82, 2.24) is 9.47 Å². The monoisotopic (exact) mass is 398 g/mol. The molecule has 2 aromatic carbocycles. The predicted molar refractivity (Wildman–Crippen MR) is 114 cm³/mol. The van der Waals surface area contributed by atoms with Gasteiger partial charge in [-0.3, -0.25) is 4.90 Å². The van der Waals surface area contributed by atoms with Gasteiger partial charge in [-0.15, -0.1) is 0 Å². The Kier molecular flexibility index (Phi) is 5.87. The van der Waals surface area contributed by atoms with Gasteiger partial charge in [0, 0.05) is 24.6 Å². The molecule has 2 nitrogen and oxygen atoms in total. The van der Waals surface area contributed by atoms with Crippen LogP contribution in [-0.4, -0.2) is 22.6 Å². The largest absolute Gasteiger partial charge is 0.324 e. The summed E-state index contributed by atoms with van der Waals surface area (Å²) < 4.78 is 2.14. The molecule has 0 spiro atoms. The molecule has 1 aliphatic rings. The van der Waals surface area contributed by atoms with E-state index in [4.69, 9.17) is 23.2 Å². The van der Waals surface area contributed by atoms with Crippen molar-refractivity contribution in [2.24, 2.45) is 5.92 Å². The lowest BCUT2D eigenvalue weighted by Crippen LogP contribution is -2.33. The van der Waals surface area contributed by atoms with Crippen LogP contribution < -0.4 is 0 Å². The number of benzene rings is 2. The molecule has 0 bridgehead atoms. The van der Waals surface area contributed by atoms with Gasteiger partial charge in [-0.1, -0.05) is 41.4 Å². The molecular weight excluding hydrogens is 375 g/mol. The van der Waals surface area contributed by atoms with E-state index in [1.54, 1.807) is 0 Å². The van der Waals surface area contributed by atoms with Gasteiger partial charge in [0.05, 0.1) is 10.0 Å². The first kappa shape index (κ1) is 18.6. The van der Waals surface area contributed by atoms with Crippen molar-refractivity contribution in [1.29, 1.82) is 0 Å². The van der Waals surface area contributed by atoms with E-state index in [9.17, 15) is 0 Å². The van der Waals surface area contributed by atoms with E-state index < -0.39 is 0 Å². The van der Waals surface area contributed by atoms with E-state index in [0.29, 0.717) is 10.0 Å². The Labute approximate surface area is 171 Å². The zero-order chi connectivity index (χ0) is 18.6. The molecule has 1 fully saturated rings. The fourth-order valence-corrected chi connectivity index (χ4v) is 4.21. The minimum absolute atomic E-state index is 0.627. The number of halogens is 2. The Balaban J connectivity index is 1.28. The van der Waals surface area contributed by atoms with E-state index in [-0.39, 0.29) is 0 Å². The lowest BCUT2D eigenvalue weighted by molar-refractivity contribution is 0.177. The van der Waals surface area contributed by atoms with Crippen LogP contribution in [0.2, 0.25) is 10.0 Å². The Morgan fingerprint density at radius 3 is 2.15 bits per heavy atom. The Hall–Kier alpha value is -1.74. The first-order valence-electron chi connectivity index (χ1n) is 9.56. The Morgan fingerprint density at radius 1 is 0.815 bits per heavy atom. The van der Waals surface area contributed by atoms with Gasteiger partial charge in [0.1, 0.15) is 0 Å². The van der Waals surface area contributed by atoms with E-state index in [0.717, 1.165) is 25.6 Å². The zero-order valence-corrected chi connectivity index (χ0v) is 16.8. The summed E-state index contributed by atoms with van der Waals surface area (Å²) in [5.41, 5.74) is 3.90. The van der Waals surface area contributed by atoms with E-state index in [2.05, 4.69) is 64.3 Å². The summed E-state index contributed by atoms with van der Waals surface area (Å²) >= 11 is 12.1. The van der Waals surface area contributed by atoms with Crippen LogP contribution in [0.5, 0.6) is 0 Å². The van der Waals surface area contributed by atoms with Gasteiger partial charge in [-0.05, 0) is 85.8 Å². The second kappa shape index (κ2) is 8.52. The number of hydrogen-bond donors (Lipinski definition) is 0. The highest BCUT2D eigenvalue weighted by Gasteiger charge is 2.19. The van der Waals surface area contributed by atoms with Crippen LogP contribution in [0, 0.1) is 5.92 Å². The lowest BCUT2D eigenvalue weighted by atomic mass is 9.90. The van der Waals surface area contributed by atoms with Crippen molar-refractivity contribution >= 4 is 23.2 Å². The Bertz CT molecular complexity index is 864. The smallest absolute Gasteiger partial charge is 0.0595 e. The second-order valence-electron chi connectivity index (χ2n) is 7.43. The van der Waals surface area contributed by atoms with Crippen LogP contribution in [0.3, 0.4) is 0 Å². The topological polar surface area (TPSA) is 8.17 Å². The van der Waals surface area contributed by atoms with Crippen LogP contribution >= 0.6 is 23.2 Å². The van der Waals surface area contributed by atoms with Gasteiger partial charge >= 0.3 is 0 Å². The molecule has 4 rings (SSSR count). The lowest BCUT2D eigenvalue weighted by Gasteiger charge is -2.32. The van der Waals surface area contributed by atoms with Crippen molar-refractivity contribution in [2.75, 3.05) is 13.1 Å². The van der Waals surface area contributed by atoms with Gasteiger partial charge in [0.15, 0.2) is 0 Å². The van der Waals surface area contributed by atoms with Crippen LogP contribution in [0.25, 0.3) is 5.69 Å². The van der Waals surface area contributed by atoms with Crippen LogP contribution in [0.1, 0.15) is 24.0 Å². The van der Waals surface area contributed by atoms with Gasteiger partial charge in [-0.25, -0.2) is 0 Å². The highest BCUT2D eigenvalue weighted by atomic mass is 35.5. The van der Waals surface area contributed by atoms with Crippen LogP contribution in [0.15, 0.2) is 67.0 Å². The van der Waals surface area contributed by atoms with Crippen molar-refractivity contribution in [2.45, 2.75) is 25.8 Å². The first-order chi connectivity index (χ1) is 13.2. The molecule has 0 unspecified atom stereocenters. The van der Waals surface area contributed by atoms with Crippen molar-refractivity contribution in [3.63, 3.8) is 0 Å². The number of likely N-dealkylation sites (tertiary alicyclic amines) is 1. The second-order valence-corrected chi connectivity index (χ2v) is 8.24. The average Bonchev–Trinajstić information content (AvgIpc) is 3.22. The van der Waals surface area contributed by atoms with Gasteiger partial charge in [0.25, 0.3) is 0 Å². The molecule has 1 saturated heterocycles. The number of rotatable bonds is 5. The number of nitrogens with zero attached hydrogens (tertiary/aromatic N) is 2. The van der Waals surface area contributed by atoms with Crippen molar-refractivity contribution in [3.05, 3.63) is 88.2 Å². The van der Waals surface area contributed by atoms with E-state index >= 15 is 0 Å². The molecule has 0 aliphatic carbocycles. The standard InChI is InChI=1S/C23H24Cl2N2/c24-22-8-5-20(16-23(22)25)17-26-13-9-19(10-14-26)15-18-3-6-21(7-4-18)27-11-1-2-12-27/h1-8,11-12,16,19H,9-10,13-15,17H2. The maximum atomic E-state index is 6.14. The molecule has 0 saturated carbocycles. The maximum Gasteiger partial charge on any atom is 0.0595 e. The molecule has 0 amide bonds. The molecule has 1 aliphatic heterocycles. The molecule has 0 radical (unpaired) electrons. The van der Waals surface area contributed by atoms with Crippen molar-refractivity contribution in [3.8, 4) is 5.69 Å². The van der Waals surface area contributed by atoms with E-state index in [1.165, 1.54) is 36.1 Å². The molecular formula is C23H24Cl2N2. The summed E-state index contributed by atoms with van der Waals surface area (Å²) in [6.07, 6.45) is 7.84. The average molecular weight is 399 g/mol. The Morgan fingerprint density at radius 2 is 1.48 bits per heavy atom. The summed E-state index contributed by atoms with van der Waals surface area (Å²) in [6, 6.07) is 19.1. The third-order valence-corrected chi connectivity index (χ3v) is 6.20. The molecule has 1 aromatic heterocycles. The molecule has 140 valence electrons. The molecule has 3 aromatic rings. The summed E-state index contributed by atoms with van der Waals surface area (Å²) in [4.78, 5) is 2.52. The first-order valence-corrected chi connectivity index (χ1v) is 10.3. The predicted octanol–water partition coefficient (Wildman–Crippen LogP) is 6.24. The summed E-state index contributed by atoms with van der Waals surface area (Å²) in [5.74, 6) is 0.771. The quantitative estimate of drug-likeness (QED) is 0.493. The summed E-state index contributed by atoms with van der Waals surface area (Å²) in [5, 5.41) is 1.27. The fourth-order valence-electron chi connectivity index (χ4n) is 3.89. The van der Waals surface area contributed by atoms with Gasteiger partial charge in [0.2, 0.25) is 0 Å². The van der Waals surface area contributed by atoms with Crippen LogP contribution in [-0.2, 0) is 13.0 Å². The van der Waals surface area contributed by atoms with Crippen molar-refractivity contribution < 1.29 is 0 Å². The molecule has 2 heterocycles. The molecule has 0 atom stereocenters. The third-order valence-electron chi connectivity index (χ3n) is 5.46. The molecule has 4 heteroatoms. The van der Waals surface area contributed by atoms with Crippen LogP contribution in [0.4, 0.5) is 0 Å². The fraction of sp³-hybridized carbons (Fsp3) is 0.304. The summed E-state index contributed by atoms with van der Waals surface area (Å²) in [7, 11) is 0. The highest BCUT2D eigenvalue weighted by molar-refractivity contribution is 6.42. The zero-order valence-electron chi connectivity index (χ0n) is 15.3. The number of hydrogen-bond acceptors (Lipinski definition) is 1. The molecule has 0 N–H and O–H groups in total. The SMILES string of the molecule is Clc1ccc(CN2CCC(Cc3ccc(-n4cccc4)cc3)CC2)cc1Cl. The number of aromatic nitrogens is 1. The summed E-state index contributed by atoms with van der Waals surface area (Å²) in [6.45, 7) is 3.24. The minimum Gasteiger partial charge on any atom is -0.324 e. The minimum atomic E-state index is 0.627. The van der Waals surface area contributed by atoms with Gasteiger partial charge in [-0.2, -0.15) is 0 Å². The number of piperidine rings is 1. The maximum absolute atomic E-state index is 6.14. The van der Waals surface area contributed by atoms with Gasteiger partial charge < -0.3 is 4.57 Å².